The first-order chi connectivity index (χ1) is 10.5. The Kier molecular flexibility index (Phi) is 5.08. The van der Waals surface area contributed by atoms with Crippen molar-refractivity contribution in [2.45, 2.75) is 51.8 Å². The minimum atomic E-state index is 0.341. The van der Waals surface area contributed by atoms with Gasteiger partial charge >= 0.3 is 0 Å². The molecule has 3 aliphatic rings. The summed E-state index contributed by atoms with van der Waals surface area (Å²) < 4.78 is 0. The third-order valence-electron chi connectivity index (χ3n) is 6.45. The van der Waals surface area contributed by atoms with E-state index in [-0.39, 0.29) is 0 Å². The number of likely N-dealkylation sites (tertiary alicyclic amines) is 2. The van der Waals surface area contributed by atoms with Crippen molar-refractivity contribution >= 4 is 18.5 Å². The van der Waals surface area contributed by atoms with Crippen LogP contribution in [0.5, 0.6) is 0 Å². The van der Waals surface area contributed by atoms with Gasteiger partial charge < -0.3 is 4.90 Å². The minimum absolute atomic E-state index is 0.341. The lowest BCUT2D eigenvalue weighted by Crippen LogP contribution is -2.54. The number of hydrogen-bond acceptors (Lipinski definition) is 3. The van der Waals surface area contributed by atoms with Crippen LogP contribution in [0.4, 0.5) is 0 Å². The number of piperidine rings is 1. The minimum Gasteiger partial charge on any atom is -0.342 e. The zero-order valence-corrected chi connectivity index (χ0v) is 15.3. The topological polar surface area (TPSA) is 23.6 Å². The Hall–Kier alpha value is -0.220. The molecule has 1 atom stereocenters. The first-order valence-electron chi connectivity index (χ1n) is 9.16. The van der Waals surface area contributed by atoms with E-state index in [0.29, 0.717) is 17.2 Å². The van der Waals surface area contributed by atoms with Crippen molar-refractivity contribution in [1.29, 1.82) is 0 Å². The highest BCUT2D eigenvalue weighted by Gasteiger charge is 2.41. The maximum atomic E-state index is 12.6. The summed E-state index contributed by atoms with van der Waals surface area (Å²) in [6.07, 6.45) is 4.69. The van der Waals surface area contributed by atoms with Gasteiger partial charge in [0.1, 0.15) is 0 Å². The molecule has 1 aliphatic carbocycles. The van der Waals surface area contributed by atoms with E-state index < -0.39 is 0 Å². The molecule has 3 nitrogen and oxygen atoms in total. The summed E-state index contributed by atoms with van der Waals surface area (Å²) in [5.41, 5.74) is 0. The van der Waals surface area contributed by atoms with Crippen LogP contribution in [0.2, 0.25) is 0 Å². The Balaban J connectivity index is 1.38. The van der Waals surface area contributed by atoms with Gasteiger partial charge in [0.2, 0.25) is 5.91 Å². The molecular formula is C18H32N2OS. The summed E-state index contributed by atoms with van der Waals surface area (Å²) in [5.74, 6) is 4.00. The molecule has 3 rings (SSSR count). The summed E-state index contributed by atoms with van der Waals surface area (Å²) in [4.78, 5) is 17.2. The maximum absolute atomic E-state index is 12.6. The van der Waals surface area contributed by atoms with Gasteiger partial charge in [-0.3, -0.25) is 9.69 Å². The molecule has 126 valence electrons. The average molecular weight is 325 g/mol. The molecule has 1 saturated carbocycles. The molecular weight excluding hydrogens is 292 g/mol. The van der Waals surface area contributed by atoms with Crippen molar-refractivity contribution in [2.75, 3.05) is 26.2 Å². The zero-order chi connectivity index (χ0) is 15.9. The molecule has 0 spiro atoms. The molecule has 1 amide bonds. The van der Waals surface area contributed by atoms with Crippen LogP contribution in [0.3, 0.4) is 0 Å². The van der Waals surface area contributed by atoms with Gasteiger partial charge in [0.25, 0.3) is 0 Å². The molecule has 2 saturated heterocycles. The molecule has 0 radical (unpaired) electrons. The van der Waals surface area contributed by atoms with E-state index in [4.69, 9.17) is 0 Å². The van der Waals surface area contributed by atoms with E-state index in [0.717, 1.165) is 49.6 Å². The van der Waals surface area contributed by atoms with E-state index in [1.54, 1.807) is 0 Å². The maximum Gasteiger partial charge on any atom is 0.225 e. The molecule has 22 heavy (non-hydrogen) atoms. The van der Waals surface area contributed by atoms with Gasteiger partial charge in [-0.05, 0) is 56.3 Å². The lowest BCUT2D eigenvalue weighted by Gasteiger charge is -2.48. The van der Waals surface area contributed by atoms with E-state index in [9.17, 15) is 4.79 Å². The Morgan fingerprint density at radius 2 is 1.64 bits per heavy atom. The second-order valence-electron chi connectivity index (χ2n) is 8.18. The third kappa shape index (κ3) is 3.33. The quantitative estimate of drug-likeness (QED) is 0.803. The fourth-order valence-electron chi connectivity index (χ4n) is 4.41. The average Bonchev–Trinajstić information content (AvgIpc) is 2.34. The predicted octanol–water partition coefficient (Wildman–Crippen LogP) is 3.11. The van der Waals surface area contributed by atoms with E-state index >= 15 is 0 Å². The fraction of sp³-hybridized carbons (Fsp3) is 0.944. The number of nitrogens with zero attached hydrogens (tertiary/aromatic N) is 2. The summed E-state index contributed by atoms with van der Waals surface area (Å²) >= 11 is 4.50. The second kappa shape index (κ2) is 6.72. The zero-order valence-electron chi connectivity index (χ0n) is 14.4. The van der Waals surface area contributed by atoms with Crippen molar-refractivity contribution in [3.05, 3.63) is 0 Å². The lowest BCUT2D eigenvalue weighted by molar-refractivity contribution is -0.142. The van der Waals surface area contributed by atoms with Crippen molar-refractivity contribution in [3.8, 4) is 0 Å². The molecule has 1 unspecified atom stereocenters. The Morgan fingerprint density at radius 3 is 2.14 bits per heavy atom. The van der Waals surface area contributed by atoms with Gasteiger partial charge in [-0.1, -0.05) is 13.8 Å². The number of hydrogen-bond donors (Lipinski definition) is 1. The van der Waals surface area contributed by atoms with E-state index in [1.807, 2.05) is 0 Å². The fourth-order valence-corrected chi connectivity index (χ4v) is 4.60. The van der Waals surface area contributed by atoms with Crippen molar-refractivity contribution < 1.29 is 4.79 Å². The molecule has 4 heteroatoms. The number of amides is 1. The predicted molar refractivity (Wildman–Crippen MR) is 93.9 cm³/mol. The van der Waals surface area contributed by atoms with Crippen molar-refractivity contribution in [1.82, 2.24) is 9.80 Å². The normalized spacial score (nSPS) is 32.7. The Labute approximate surface area is 141 Å². The van der Waals surface area contributed by atoms with Gasteiger partial charge in [0, 0.05) is 37.5 Å². The largest absolute Gasteiger partial charge is 0.342 e. The molecule has 0 bridgehead atoms. The van der Waals surface area contributed by atoms with Crippen LogP contribution in [0, 0.1) is 29.6 Å². The Morgan fingerprint density at radius 1 is 1.05 bits per heavy atom. The van der Waals surface area contributed by atoms with Crippen LogP contribution in [-0.2, 0) is 4.79 Å². The summed E-state index contributed by atoms with van der Waals surface area (Å²) in [7, 11) is 0. The van der Waals surface area contributed by atoms with Crippen LogP contribution in [0.1, 0.15) is 46.5 Å². The summed E-state index contributed by atoms with van der Waals surface area (Å²) in [6, 6.07) is 0. The van der Waals surface area contributed by atoms with Crippen molar-refractivity contribution in [2.24, 2.45) is 29.6 Å². The third-order valence-corrected chi connectivity index (χ3v) is 6.78. The van der Waals surface area contributed by atoms with Gasteiger partial charge in [-0.15, -0.1) is 0 Å². The highest BCUT2D eigenvalue weighted by Crippen LogP contribution is 2.41. The second-order valence-corrected chi connectivity index (χ2v) is 8.93. The highest BCUT2D eigenvalue weighted by atomic mass is 32.1. The van der Waals surface area contributed by atoms with Crippen LogP contribution >= 0.6 is 12.6 Å². The molecule has 2 heterocycles. The van der Waals surface area contributed by atoms with E-state index in [2.05, 4.69) is 43.2 Å². The van der Waals surface area contributed by atoms with Crippen LogP contribution < -0.4 is 0 Å². The number of carbonyl (C=O) groups is 1. The molecule has 0 aromatic carbocycles. The lowest BCUT2D eigenvalue weighted by atomic mass is 9.69. The molecule has 0 aromatic rings. The number of carbonyl (C=O) groups excluding carboxylic acids is 1. The molecule has 0 N–H and O–H groups in total. The summed E-state index contributed by atoms with van der Waals surface area (Å²) in [5, 5.41) is 0.394. The van der Waals surface area contributed by atoms with Gasteiger partial charge in [0.05, 0.1) is 0 Å². The Bertz CT molecular complexity index is 392. The SMILES string of the molecule is CC(C)C1CC(C(=O)N2CCC(C3CN(C(C)S)C3)CC2)C1. The smallest absolute Gasteiger partial charge is 0.225 e. The molecule has 3 fully saturated rings. The van der Waals surface area contributed by atoms with Gasteiger partial charge in [-0.25, -0.2) is 0 Å². The number of thiol groups is 1. The molecule has 0 aromatic heterocycles. The van der Waals surface area contributed by atoms with E-state index in [1.165, 1.54) is 25.9 Å². The van der Waals surface area contributed by atoms with Crippen LogP contribution in [-0.4, -0.2) is 47.3 Å². The first kappa shape index (κ1) is 16.6. The van der Waals surface area contributed by atoms with Crippen molar-refractivity contribution in [3.63, 3.8) is 0 Å². The van der Waals surface area contributed by atoms with Crippen LogP contribution in [0.25, 0.3) is 0 Å². The summed E-state index contributed by atoms with van der Waals surface area (Å²) in [6.45, 7) is 11.1. The highest BCUT2D eigenvalue weighted by molar-refractivity contribution is 7.80. The first-order valence-corrected chi connectivity index (χ1v) is 9.68. The van der Waals surface area contributed by atoms with Crippen LogP contribution in [0.15, 0.2) is 0 Å². The number of rotatable bonds is 4. The monoisotopic (exact) mass is 324 g/mol. The standard InChI is InChI=1S/C18H32N2OS/c1-12(2)15-8-16(9-15)18(21)19-6-4-14(5-7-19)17-10-20(11-17)13(3)22/h12-17,22H,4-11H2,1-3H3. The van der Waals surface area contributed by atoms with Gasteiger partial charge in [-0.2, -0.15) is 12.6 Å². The molecule has 2 aliphatic heterocycles. The van der Waals surface area contributed by atoms with Gasteiger partial charge in [0.15, 0.2) is 0 Å².